The van der Waals surface area contributed by atoms with Gasteiger partial charge in [-0.3, -0.25) is 4.79 Å². The van der Waals surface area contributed by atoms with Crippen LogP contribution >= 0.6 is 0 Å². The van der Waals surface area contributed by atoms with E-state index in [0.29, 0.717) is 5.56 Å². The lowest BCUT2D eigenvalue weighted by atomic mass is 10.1. The van der Waals surface area contributed by atoms with Crippen molar-refractivity contribution in [2.75, 3.05) is 0 Å². The third-order valence-electron chi connectivity index (χ3n) is 1.83. The van der Waals surface area contributed by atoms with Crippen molar-refractivity contribution in [1.82, 2.24) is 5.32 Å². The number of amides is 1. The number of carbonyl (C=O) groups excluding carboxylic acids is 1. The lowest BCUT2D eigenvalue weighted by Crippen LogP contribution is -2.36. The summed E-state index contributed by atoms with van der Waals surface area (Å²) in [6, 6.07) is 6.89. The van der Waals surface area contributed by atoms with Gasteiger partial charge in [-0.2, -0.15) is 13.2 Å². The van der Waals surface area contributed by atoms with Gasteiger partial charge >= 0.3 is 12.1 Å². The van der Waals surface area contributed by atoms with Gasteiger partial charge < -0.3 is 5.32 Å². The normalized spacial score (nSPS) is 9.26. The zero-order valence-electron chi connectivity index (χ0n) is 11.2. The lowest BCUT2D eigenvalue weighted by Gasteiger charge is -2.07. The Morgan fingerprint density at radius 2 is 1.58 bits per heavy atom. The highest BCUT2D eigenvalue weighted by Gasteiger charge is 2.38. The number of hydrogen-bond acceptors (Lipinski definition) is 1. The van der Waals surface area contributed by atoms with Crippen molar-refractivity contribution in [3.05, 3.63) is 35.4 Å². The fourth-order valence-electron chi connectivity index (χ4n) is 0.988. The summed E-state index contributed by atoms with van der Waals surface area (Å²) >= 11 is 0. The SMILES string of the molecule is C#C.CC.Cc1ccc(CNC(=O)C(F)(F)F)cc1. The van der Waals surface area contributed by atoms with Crippen molar-refractivity contribution >= 4 is 5.91 Å². The molecule has 0 bridgehead atoms. The molecule has 0 atom stereocenters. The van der Waals surface area contributed by atoms with E-state index in [-0.39, 0.29) is 6.54 Å². The number of halogens is 3. The van der Waals surface area contributed by atoms with Gasteiger partial charge in [-0.1, -0.05) is 43.7 Å². The second-order valence-electron chi connectivity index (χ2n) is 3.17. The van der Waals surface area contributed by atoms with Crippen LogP contribution in [0.3, 0.4) is 0 Å². The van der Waals surface area contributed by atoms with Crippen molar-refractivity contribution in [3.8, 4) is 12.8 Å². The number of aryl methyl sites for hydroxylation is 1. The zero-order chi connectivity index (χ0) is 15.5. The molecule has 0 spiro atoms. The van der Waals surface area contributed by atoms with E-state index in [1.54, 1.807) is 29.6 Å². The molecule has 1 aromatic carbocycles. The van der Waals surface area contributed by atoms with E-state index in [1.807, 2.05) is 20.8 Å². The quantitative estimate of drug-likeness (QED) is 0.822. The molecule has 5 heteroatoms. The summed E-state index contributed by atoms with van der Waals surface area (Å²) in [7, 11) is 0. The van der Waals surface area contributed by atoms with Gasteiger partial charge in [0.05, 0.1) is 0 Å². The molecular formula is C14H18F3NO. The maximum atomic E-state index is 11.8. The summed E-state index contributed by atoms with van der Waals surface area (Å²) in [5, 5.41) is 1.79. The van der Waals surface area contributed by atoms with Gasteiger partial charge in [0.25, 0.3) is 0 Å². The molecule has 0 radical (unpaired) electrons. The molecule has 0 unspecified atom stereocenters. The van der Waals surface area contributed by atoms with Crippen LogP contribution in [-0.4, -0.2) is 12.1 Å². The first-order valence-electron chi connectivity index (χ1n) is 5.63. The summed E-state index contributed by atoms with van der Waals surface area (Å²) in [6.45, 7) is 5.76. The highest BCUT2D eigenvalue weighted by Crippen LogP contribution is 2.14. The molecule has 2 nitrogen and oxygen atoms in total. The molecule has 1 amide bonds. The minimum absolute atomic E-state index is 0.112. The van der Waals surface area contributed by atoms with Crippen LogP contribution in [-0.2, 0) is 11.3 Å². The van der Waals surface area contributed by atoms with Gasteiger partial charge in [0.1, 0.15) is 0 Å². The smallest absolute Gasteiger partial charge is 0.344 e. The molecule has 1 rings (SSSR count). The minimum Gasteiger partial charge on any atom is -0.344 e. The number of terminal acetylenes is 1. The predicted octanol–water partition coefficient (Wildman–Crippen LogP) is 3.45. The molecule has 1 N–H and O–H groups in total. The molecule has 0 aliphatic rings. The largest absolute Gasteiger partial charge is 0.471 e. The monoisotopic (exact) mass is 273 g/mol. The highest BCUT2D eigenvalue weighted by molar-refractivity contribution is 5.81. The first kappa shape index (κ1) is 19.4. The summed E-state index contributed by atoms with van der Waals surface area (Å²) in [5.41, 5.74) is 1.65. The summed E-state index contributed by atoms with van der Waals surface area (Å²) in [5.74, 6) is -1.91. The molecule has 0 heterocycles. The second kappa shape index (κ2) is 10.0. The van der Waals surface area contributed by atoms with E-state index in [2.05, 4.69) is 12.8 Å². The van der Waals surface area contributed by atoms with Crippen LogP contribution in [0.1, 0.15) is 25.0 Å². The Morgan fingerprint density at radius 1 is 1.16 bits per heavy atom. The van der Waals surface area contributed by atoms with Crippen molar-refractivity contribution in [3.63, 3.8) is 0 Å². The van der Waals surface area contributed by atoms with Gasteiger partial charge in [-0.05, 0) is 12.5 Å². The number of alkyl halides is 3. The Kier molecular flexibility index (Phi) is 10.2. The topological polar surface area (TPSA) is 29.1 Å². The Hall–Kier alpha value is -1.96. The van der Waals surface area contributed by atoms with Gasteiger partial charge in [-0.15, -0.1) is 12.8 Å². The van der Waals surface area contributed by atoms with Crippen molar-refractivity contribution in [2.24, 2.45) is 0 Å². The molecule has 1 aromatic rings. The number of hydrogen-bond donors (Lipinski definition) is 1. The van der Waals surface area contributed by atoms with Gasteiger partial charge in [0.15, 0.2) is 0 Å². The Morgan fingerprint density at radius 3 is 1.95 bits per heavy atom. The van der Waals surface area contributed by atoms with E-state index >= 15 is 0 Å². The Bertz CT molecular complexity index is 380. The first-order chi connectivity index (χ1) is 8.89. The van der Waals surface area contributed by atoms with Crippen LogP contribution in [0.15, 0.2) is 24.3 Å². The lowest BCUT2D eigenvalue weighted by molar-refractivity contribution is -0.173. The number of nitrogens with one attached hydrogen (secondary N) is 1. The Balaban J connectivity index is 0. The first-order valence-corrected chi connectivity index (χ1v) is 5.63. The van der Waals surface area contributed by atoms with Crippen LogP contribution in [0.2, 0.25) is 0 Å². The third kappa shape index (κ3) is 8.72. The predicted molar refractivity (Wildman–Crippen MR) is 70.3 cm³/mol. The molecule has 0 fully saturated rings. The van der Waals surface area contributed by atoms with Crippen molar-refractivity contribution in [1.29, 1.82) is 0 Å². The highest BCUT2D eigenvalue weighted by atomic mass is 19.4. The minimum atomic E-state index is -4.81. The van der Waals surface area contributed by atoms with Gasteiger partial charge in [0.2, 0.25) is 0 Å². The van der Waals surface area contributed by atoms with Crippen molar-refractivity contribution in [2.45, 2.75) is 33.5 Å². The molecule has 0 aliphatic carbocycles. The third-order valence-corrected chi connectivity index (χ3v) is 1.83. The van der Waals surface area contributed by atoms with Gasteiger partial charge in [-0.25, -0.2) is 0 Å². The van der Waals surface area contributed by atoms with Crippen LogP contribution < -0.4 is 5.32 Å². The molecule has 0 saturated heterocycles. The van der Waals surface area contributed by atoms with E-state index in [9.17, 15) is 18.0 Å². The van der Waals surface area contributed by atoms with E-state index in [4.69, 9.17) is 0 Å². The summed E-state index contributed by atoms with van der Waals surface area (Å²) < 4.78 is 35.4. The van der Waals surface area contributed by atoms with Crippen LogP contribution in [0.25, 0.3) is 0 Å². The average molecular weight is 273 g/mol. The van der Waals surface area contributed by atoms with E-state index in [1.165, 1.54) is 0 Å². The molecular weight excluding hydrogens is 255 g/mol. The molecule has 106 valence electrons. The fraction of sp³-hybridized carbons (Fsp3) is 0.357. The van der Waals surface area contributed by atoms with Gasteiger partial charge in [0, 0.05) is 6.54 Å². The van der Waals surface area contributed by atoms with Crippen LogP contribution in [0.5, 0.6) is 0 Å². The maximum Gasteiger partial charge on any atom is 0.471 e. The van der Waals surface area contributed by atoms with E-state index < -0.39 is 12.1 Å². The average Bonchev–Trinajstić information content (AvgIpc) is 2.41. The summed E-state index contributed by atoms with van der Waals surface area (Å²) in [6.07, 6.45) is 3.19. The fourth-order valence-corrected chi connectivity index (χ4v) is 0.988. The zero-order valence-corrected chi connectivity index (χ0v) is 11.2. The second-order valence-corrected chi connectivity index (χ2v) is 3.17. The number of rotatable bonds is 2. The van der Waals surface area contributed by atoms with E-state index in [0.717, 1.165) is 5.56 Å². The maximum absolute atomic E-state index is 11.8. The Labute approximate surface area is 112 Å². The number of benzene rings is 1. The molecule has 0 saturated carbocycles. The van der Waals surface area contributed by atoms with Crippen molar-refractivity contribution < 1.29 is 18.0 Å². The number of carbonyl (C=O) groups is 1. The standard InChI is InChI=1S/C10H10F3NO.C2H6.C2H2/c1-7-2-4-8(5-3-7)6-14-9(15)10(11,12)13;2*1-2/h2-5H,6H2,1H3,(H,14,15);1-2H3;1-2H. The molecule has 19 heavy (non-hydrogen) atoms. The van der Waals surface area contributed by atoms with Crippen LogP contribution in [0, 0.1) is 19.8 Å². The van der Waals surface area contributed by atoms with Crippen LogP contribution in [0.4, 0.5) is 13.2 Å². The summed E-state index contributed by atoms with van der Waals surface area (Å²) in [4.78, 5) is 10.5. The molecule has 0 aliphatic heterocycles. The molecule has 0 aromatic heterocycles.